The van der Waals surface area contributed by atoms with E-state index in [-0.39, 0.29) is 11.9 Å². The molecule has 0 aliphatic carbocycles. The van der Waals surface area contributed by atoms with Crippen LogP contribution in [0.15, 0.2) is 65.1 Å². The summed E-state index contributed by atoms with van der Waals surface area (Å²) in [5.74, 6) is 0.268. The van der Waals surface area contributed by atoms with Crippen molar-refractivity contribution in [3.8, 4) is 0 Å². The molecule has 3 rings (SSSR count). The van der Waals surface area contributed by atoms with Crippen molar-refractivity contribution in [1.82, 2.24) is 4.90 Å². The maximum Gasteiger partial charge on any atom is 0.289 e. The van der Waals surface area contributed by atoms with Crippen molar-refractivity contribution in [2.24, 2.45) is 0 Å². The van der Waals surface area contributed by atoms with Gasteiger partial charge in [-0.15, -0.1) is 0 Å². The summed E-state index contributed by atoms with van der Waals surface area (Å²) >= 11 is 0. The Bertz CT molecular complexity index is 728. The zero-order valence-corrected chi connectivity index (χ0v) is 12.1. The van der Waals surface area contributed by atoms with E-state index in [1.807, 2.05) is 61.5 Å². The van der Waals surface area contributed by atoms with E-state index in [0.29, 0.717) is 5.76 Å². The summed E-state index contributed by atoms with van der Waals surface area (Å²) < 4.78 is 5.65. The lowest BCUT2D eigenvalue weighted by atomic mass is 10.1. The SMILES string of the molecule is C[C@@H](c1ccccc1)N(C)C(=O)c1cc2ccccc2o1. The van der Waals surface area contributed by atoms with Crippen LogP contribution in [0, 0.1) is 0 Å². The third-order valence-corrected chi connectivity index (χ3v) is 3.82. The van der Waals surface area contributed by atoms with Crippen molar-refractivity contribution in [1.29, 1.82) is 0 Å². The molecule has 0 unspecified atom stereocenters. The van der Waals surface area contributed by atoms with Crippen molar-refractivity contribution in [2.45, 2.75) is 13.0 Å². The van der Waals surface area contributed by atoms with Gasteiger partial charge in [-0.3, -0.25) is 4.79 Å². The molecule has 3 nitrogen and oxygen atoms in total. The van der Waals surface area contributed by atoms with E-state index in [1.54, 1.807) is 18.0 Å². The van der Waals surface area contributed by atoms with Crippen LogP contribution < -0.4 is 0 Å². The van der Waals surface area contributed by atoms with Crippen LogP contribution in [0.2, 0.25) is 0 Å². The van der Waals surface area contributed by atoms with Gasteiger partial charge in [0.05, 0.1) is 6.04 Å². The summed E-state index contributed by atoms with van der Waals surface area (Å²) in [5.41, 5.74) is 1.84. The number of benzene rings is 2. The minimum Gasteiger partial charge on any atom is -0.451 e. The van der Waals surface area contributed by atoms with Gasteiger partial charge in [-0.05, 0) is 24.6 Å². The van der Waals surface area contributed by atoms with Crippen LogP contribution in [0.1, 0.15) is 29.1 Å². The predicted octanol–water partition coefficient (Wildman–Crippen LogP) is 4.27. The van der Waals surface area contributed by atoms with Gasteiger partial charge in [0.25, 0.3) is 5.91 Å². The number of para-hydroxylation sites is 1. The van der Waals surface area contributed by atoms with E-state index >= 15 is 0 Å². The van der Waals surface area contributed by atoms with Crippen LogP contribution in [-0.4, -0.2) is 17.9 Å². The zero-order valence-electron chi connectivity index (χ0n) is 12.1. The van der Waals surface area contributed by atoms with Gasteiger partial charge in [0.2, 0.25) is 0 Å². The van der Waals surface area contributed by atoms with Gasteiger partial charge in [-0.2, -0.15) is 0 Å². The molecule has 0 N–H and O–H groups in total. The van der Waals surface area contributed by atoms with Crippen LogP contribution in [0.5, 0.6) is 0 Å². The molecule has 0 saturated carbocycles. The fourth-order valence-electron chi connectivity index (χ4n) is 2.39. The highest BCUT2D eigenvalue weighted by Gasteiger charge is 2.21. The van der Waals surface area contributed by atoms with Gasteiger partial charge in [-0.1, -0.05) is 48.5 Å². The molecule has 0 aliphatic heterocycles. The molecule has 3 aromatic rings. The number of amides is 1. The first-order valence-electron chi connectivity index (χ1n) is 6.97. The molecular weight excluding hydrogens is 262 g/mol. The highest BCUT2D eigenvalue weighted by molar-refractivity contribution is 5.96. The Morgan fingerprint density at radius 2 is 1.71 bits per heavy atom. The second-order valence-corrected chi connectivity index (χ2v) is 5.15. The smallest absolute Gasteiger partial charge is 0.289 e. The van der Waals surface area contributed by atoms with Gasteiger partial charge >= 0.3 is 0 Å². The molecule has 0 spiro atoms. The minimum atomic E-state index is -0.109. The molecule has 0 radical (unpaired) electrons. The number of nitrogens with zero attached hydrogens (tertiary/aromatic N) is 1. The fraction of sp³-hybridized carbons (Fsp3) is 0.167. The van der Waals surface area contributed by atoms with E-state index < -0.39 is 0 Å². The van der Waals surface area contributed by atoms with Crippen molar-refractivity contribution in [2.75, 3.05) is 7.05 Å². The average molecular weight is 279 g/mol. The molecule has 2 aromatic carbocycles. The summed E-state index contributed by atoms with van der Waals surface area (Å²) in [6, 6.07) is 19.4. The Kier molecular flexibility index (Phi) is 3.48. The Morgan fingerprint density at radius 1 is 1.05 bits per heavy atom. The number of fused-ring (bicyclic) bond motifs is 1. The first-order valence-corrected chi connectivity index (χ1v) is 6.97. The van der Waals surface area contributed by atoms with Gasteiger partial charge in [0.1, 0.15) is 5.58 Å². The van der Waals surface area contributed by atoms with E-state index in [9.17, 15) is 4.79 Å². The Labute approximate surface area is 123 Å². The molecule has 0 aliphatic rings. The molecule has 1 atom stereocenters. The number of carbonyl (C=O) groups excluding carboxylic acids is 1. The number of hydrogen-bond donors (Lipinski definition) is 0. The van der Waals surface area contributed by atoms with E-state index in [1.165, 1.54) is 0 Å². The van der Waals surface area contributed by atoms with Gasteiger partial charge < -0.3 is 9.32 Å². The second-order valence-electron chi connectivity index (χ2n) is 5.15. The van der Waals surface area contributed by atoms with Gasteiger partial charge in [-0.25, -0.2) is 0 Å². The lowest BCUT2D eigenvalue weighted by Crippen LogP contribution is -2.29. The number of carbonyl (C=O) groups is 1. The third kappa shape index (κ3) is 2.55. The molecule has 0 saturated heterocycles. The summed E-state index contributed by atoms with van der Waals surface area (Å²) in [5, 5.41) is 0.946. The molecule has 1 amide bonds. The van der Waals surface area contributed by atoms with Crippen LogP contribution in [0.3, 0.4) is 0 Å². The van der Waals surface area contributed by atoms with Crippen LogP contribution in [-0.2, 0) is 0 Å². The normalized spacial score (nSPS) is 12.3. The quantitative estimate of drug-likeness (QED) is 0.717. The standard InChI is InChI=1S/C18H17NO2/c1-13(14-8-4-3-5-9-14)19(2)18(20)17-12-15-10-6-7-11-16(15)21-17/h3-13H,1-2H3/t13-/m0/s1. The van der Waals surface area contributed by atoms with Crippen LogP contribution >= 0.6 is 0 Å². The maximum atomic E-state index is 12.6. The Morgan fingerprint density at radius 3 is 2.43 bits per heavy atom. The summed E-state index contributed by atoms with van der Waals surface area (Å²) in [6.07, 6.45) is 0. The summed E-state index contributed by atoms with van der Waals surface area (Å²) in [6.45, 7) is 2.01. The molecule has 106 valence electrons. The monoisotopic (exact) mass is 279 g/mol. The van der Waals surface area contributed by atoms with E-state index in [4.69, 9.17) is 4.42 Å². The lowest BCUT2D eigenvalue weighted by molar-refractivity contribution is 0.0713. The van der Waals surface area contributed by atoms with Crippen molar-refractivity contribution < 1.29 is 9.21 Å². The lowest BCUT2D eigenvalue weighted by Gasteiger charge is -2.24. The Balaban J connectivity index is 1.87. The largest absolute Gasteiger partial charge is 0.451 e. The first kappa shape index (κ1) is 13.4. The summed E-state index contributed by atoms with van der Waals surface area (Å²) in [7, 11) is 1.80. The van der Waals surface area contributed by atoms with Gasteiger partial charge in [0.15, 0.2) is 5.76 Å². The van der Waals surface area contributed by atoms with Crippen molar-refractivity contribution in [3.05, 3.63) is 72.0 Å². The van der Waals surface area contributed by atoms with Crippen molar-refractivity contribution in [3.63, 3.8) is 0 Å². The van der Waals surface area contributed by atoms with Crippen LogP contribution in [0.4, 0.5) is 0 Å². The number of furan rings is 1. The van der Waals surface area contributed by atoms with E-state index in [2.05, 4.69) is 0 Å². The maximum absolute atomic E-state index is 12.6. The zero-order chi connectivity index (χ0) is 14.8. The third-order valence-electron chi connectivity index (χ3n) is 3.82. The molecule has 1 heterocycles. The fourth-order valence-corrected chi connectivity index (χ4v) is 2.39. The Hall–Kier alpha value is -2.55. The second kappa shape index (κ2) is 5.44. The average Bonchev–Trinajstić information content (AvgIpc) is 2.97. The molecule has 0 fully saturated rings. The summed E-state index contributed by atoms with van der Waals surface area (Å²) in [4.78, 5) is 14.3. The first-order chi connectivity index (χ1) is 10.2. The van der Waals surface area contributed by atoms with Crippen LogP contribution in [0.25, 0.3) is 11.0 Å². The predicted molar refractivity (Wildman–Crippen MR) is 83.2 cm³/mol. The number of hydrogen-bond acceptors (Lipinski definition) is 2. The molecule has 1 aromatic heterocycles. The molecular formula is C18H17NO2. The van der Waals surface area contributed by atoms with Crippen molar-refractivity contribution >= 4 is 16.9 Å². The highest BCUT2D eigenvalue weighted by atomic mass is 16.3. The topological polar surface area (TPSA) is 33.5 Å². The molecule has 21 heavy (non-hydrogen) atoms. The van der Waals surface area contributed by atoms with Gasteiger partial charge in [0, 0.05) is 12.4 Å². The highest BCUT2D eigenvalue weighted by Crippen LogP contribution is 2.24. The molecule has 0 bridgehead atoms. The molecule has 3 heteroatoms. The minimum absolute atomic E-state index is 0.00749. The van der Waals surface area contributed by atoms with E-state index in [0.717, 1.165) is 16.5 Å². The number of rotatable bonds is 3.